The third kappa shape index (κ3) is 5.26. The summed E-state index contributed by atoms with van der Waals surface area (Å²) in [5.74, 6) is -0.0852. The van der Waals surface area contributed by atoms with Gasteiger partial charge in [0.15, 0.2) is 0 Å². The molecule has 0 bridgehead atoms. The Morgan fingerprint density at radius 2 is 1.27 bits per heavy atom. The van der Waals surface area contributed by atoms with Gasteiger partial charge in [0.05, 0.1) is 16.2 Å². The Kier molecular flexibility index (Phi) is 7.13. The highest BCUT2D eigenvalue weighted by molar-refractivity contribution is 7.89. The highest BCUT2D eigenvalue weighted by Gasteiger charge is 2.31. The van der Waals surface area contributed by atoms with Crippen LogP contribution in [0.5, 0.6) is 0 Å². The van der Waals surface area contributed by atoms with Crippen LogP contribution in [-0.2, 0) is 31.3 Å². The number of amides is 1. The first-order valence-corrected chi connectivity index (χ1v) is 13.9. The number of benzene rings is 1. The number of hydrogen-bond acceptors (Lipinski definition) is 6. The second kappa shape index (κ2) is 9.88. The maximum atomic E-state index is 13.1. The van der Waals surface area contributed by atoms with Gasteiger partial charge in [0.2, 0.25) is 26.0 Å². The molecule has 2 saturated heterocycles. The average molecular weight is 493 g/mol. The van der Waals surface area contributed by atoms with Crippen LogP contribution in [0.4, 0.5) is 0 Å². The Morgan fingerprint density at radius 1 is 0.727 bits per heavy atom. The molecule has 0 radical (unpaired) electrons. The molecule has 1 amide bonds. The lowest BCUT2D eigenvalue weighted by Crippen LogP contribution is -2.50. The van der Waals surface area contributed by atoms with E-state index in [1.54, 1.807) is 23.2 Å². The van der Waals surface area contributed by atoms with Gasteiger partial charge in [-0.05, 0) is 49.2 Å². The highest BCUT2D eigenvalue weighted by atomic mass is 32.2. The lowest BCUT2D eigenvalue weighted by atomic mass is 10.2. The number of nitrogens with zero attached hydrogens (tertiary/aromatic N) is 4. The summed E-state index contributed by atoms with van der Waals surface area (Å²) < 4.78 is 54.5. The minimum Gasteiger partial charge on any atom is -0.340 e. The van der Waals surface area contributed by atoms with Crippen molar-refractivity contribution in [3.05, 3.63) is 54.4 Å². The molecule has 2 fully saturated rings. The van der Waals surface area contributed by atoms with Crippen molar-refractivity contribution in [3.63, 3.8) is 0 Å². The summed E-state index contributed by atoms with van der Waals surface area (Å²) in [6.07, 6.45) is 4.51. The number of piperidine rings is 1. The van der Waals surface area contributed by atoms with Gasteiger partial charge in [0.1, 0.15) is 0 Å². The Hall–Kier alpha value is -2.34. The average Bonchev–Trinajstić information content (AvgIpc) is 2.85. The van der Waals surface area contributed by atoms with Gasteiger partial charge in [0, 0.05) is 51.2 Å². The third-order valence-corrected chi connectivity index (χ3v) is 9.89. The summed E-state index contributed by atoms with van der Waals surface area (Å²) in [4.78, 5) is 18.5. The van der Waals surface area contributed by atoms with Gasteiger partial charge in [-0.2, -0.15) is 8.61 Å². The number of pyridine rings is 1. The summed E-state index contributed by atoms with van der Waals surface area (Å²) in [7, 11) is -7.40. The zero-order chi connectivity index (χ0) is 23.5. The van der Waals surface area contributed by atoms with Crippen molar-refractivity contribution in [2.24, 2.45) is 0 Å². The molecule has 0 unspecified atom stereocenters. The predicted octanol–water partition coefficient (Wildman–Crippen LogP) is 1.33. The lowest BCUT2D eigenvalue weighted by Gasteiger charge is -2.34. The van der Waals surface area contributed by atoms with Crippen LogP contribution < -0.4 is 0 Å². The topological polar surface area (TPSA) is 108 Å². The fourth-order valence-electron chi connectivity index (χ4n) is 4.13. The zero-order valence-electron chi connectivity index (χ0n) is 18.3. The summed E-state index contributed by atoms with van der Waals surface area (Å²) in [5.41, 5.74) is 0.678. The summed E-state index contributed by atoms with van der Waals surface area (Å²) in [6.45, 7) is 1.95. The van der Waals surface area contributed by atoms with Gasteiger partial charge in [-0.1, -0.05) is 12.5 Å². The van der Waals surface area contributed by atoms with Crippen molar-refractivity contribution in [1.82, 2.24) is 18.5 Å². The summed E-state index contributed by atoms with van der Waals surface area (Å²) in [6, 6.07) is 10.8. The number of aromatic nitrogens is 1. The Bertz CT molecular complexity index is 1170. The first-order chi connectivity index (χ1) is 15.8. The normalized spacial score (nSPS) is 18.8. The minimum atomic E-state index is -3.78. The van der Waals surface area contributed by atoms with Crippen LogP contribution in [0.1, 0.15) is 25.0 Å². The van der Waals surface area contributed by atoms with Gasteiger partial charge in [-0.15, -0.1) is 0 Å². The van der Waals surface area contributed by atoms with E-state index in [2.05, 4.69) is 4.98 Å². The van der Waals surface area contributed by atoms with Gasteiger partial charge in [-0.3, -0.25) is 9.78 Å². The lowest BCUT2D eigenvalue weighted by molar-refractivity contribution is -0.131. The van der Waals surface area contributed by atoms with Crippen LogP contribution in [0.25, 0.3) is 0 Å². The summed E-state index contributed by atoms with van der Waals surface area (Å²) in [5, 5.41) is 0. The van der Waals surface area contributed by atoms with Gasteiger partial charge in [0.25, 0.3) is 0 Å². The smallest absolute Gasteiger partial charge is 0.243 e. The van der Waals surface area contributed by atoms with E-state index in [0.29, 0.717) is 31.9 Å². The van der Waals surface area contributed by atoms with E-state index in [-0.39, 0.29) is 35.2 Å². The molecule has 178 valence electrons. The predicted molar refractivity (Wildman–Crippen MR) is 122 cm³/mol. The quantitative estimate of drug-likeness (QED) is 0.602. The largest absolute Gasteiger partial charge is 0.340 e. The third-order valence-electron chi connectivity index (χ3n) is 6.06. The van der Waals surface area contributed by atoms with Crippen molar-refractivity contribution >= 4 is 26.0 Å². The van der Waals surface area contributed by atoms with Gasteiger partial charge < -0.3 is 4.90 Å². The molecule has 1 aromatic heterocycles. The van der Waals surface area contributed by atoms with E-state index in [1.165, 1.54) is 32.9 Å². The molecule has 0 N–H and O–H groups in total. The van der Waals surface area contributed by atoms with Crippen LogP contribution in [0.3, 0.4) is 0 Å². The molecule has 0 atom stereocenters. The van der Waals surface area contributed by atoms with Crippen molar-refractivity contribution < 1.29 is 21.6 Å². The summed E-state index contributed by atoms with van der Waals surface area (Å²) >= 11 is 0. The van der Waals surface area contributed by atoms with Crippen LogP contribution >= 0.6 is 0 Å². The number of rotatable bonds is 6. The molecule has 2 aliphatic heterocycles. The highest BCUT2D eigenvalue weighted by Crippen LogP contribution is 2.24. The molecule has 3 heterocycles. The van der Waals surface area contributed by atoms with Gasteiger partial charge in [-0.25, -0.2) is 16.8 Å². The molecule has 1 aromatic carbocycles. The first-order valence-electron chi connectivity index (χ1n) is 11.1. The Labute approximate surface area is 195 Å². The van der Waals surface area contributed by atoms with E-state index in [9.17, 15) is 21.6 Å². The maximum absolute atomic E-state index is 13.1. The molecule has 9 nitrogen and oxygen atoms in total. The van der Waals surface area contributed by atoms with Crippen molar-refractivity contribution in [1.29, 1.82) is 0 Å². The van der Waals surface area contributed by atoms with Crippen molar-refractivity contribution in [2.45, 2.75) is 35.5 Å². The van der Waals surface area contributed by atoms with Crippen LogP contribution in [0.15, 0.2) is 58.5 Å². The van der Waals surface area contributed by atoms with E-state index >= 15 is 0 Å². The molecule has 2 aliphatic rings. The first kappa shape index (κ1) is 23.8. The monoisotopic (exact) mass is 492 g/mol. The number of hydrogen-bond donors (Lipinski definition) is 0. The molecule has 4 rings (SSSR count). The number of carbonyl (C=O) groups is 1. The van der Waals surface area contributed by atoms with Crippen LogP contribution in [-0.4, -0.2) is 80.5 Å². The fourth-order valence-corrected chi connectivity index (χ4v) is 7.07. The minimum absolute atomic E-state index is 0.0494. The standard InChI is InChI=1S/C22H28N4O5S2/c27-22(18-19-6-2-3-11-23-19)24-14-16-26(17-15-24)33(30,31)21-9-7-20(8-10-21)32(28,29)25-12-4-1-5-13-25/h2-3,6-11H,1,4-5,12-18H2. The molecular formula is C22H28N4O5S2. The van der Waals surface area contributed by atoms with Crippen molar-refractivity contribution in [2.75, 3.05) is 39.3 Å². The Balaban J connectivity index is 1.39. The SMILES string of the molecule is O=C(Cc1ccccn1)N1CCN(S(=O)(=O)c2ccc(S(=O)(=O)N3CCCCC3)cc2)CC1. The molecule has 0 aliphatic carbocycles. The zero-order valence-corrected chi connectivity index (χ0v) is 20.0. The fraction of sp³-hybridized carbons (Fsp3) is 0.455. The Morgan fingerprint density at radius 3 is 1.79 bits per heavy atom. The molecule has 11 heteroatoms. The number of piperazine rings is 1. The van der Waals surface area contributed by atoms with E-state index < -0.39 is 20.0 Å². The second-order valence-electron chi connectivity index (χ2n) is 8.22. The van der Waals surface area contributed by atoms with Crippen LogP contribution in [0.2, 0.25) is 0 Å². The molecular weight excluding hydrogens is 464 g/mol. The molecule has 33 heavy (non-hydrogen) atoms. The maximum Gasteiger partial charge on any atom is 0.243 e. The van der Waals surface area contributed by atoms with E-state index in [0.717, 1.165) is 19.3 Å². The molecule has 2 aromatic rings. The molecule has 0 saturated carbocycles. The van der Waals surface area contributed by atoms with E-state index in [1.807, 2.05) is 6.07 Å². The van der Waals surface area contributed by atoms with E-state index in [4.69, 9.17) is 0 Å². The number of sulfonamides is 2. The van der Waals surface area contributed by atoms with Crippen molar-refractivity contribution in [3.8, 4) is 0 Å². The number of carbonyl (C=O) groups excluding carboxylic acids is 1. The van der Waals surface area contributed by atoms with Crippen LogP contribution in [0, 0.1) is 0 Å². The van der Waals surface area contributed by atoms with Gasteiger partial charge >= 0.3 is 0 Å². The molecule has 0 spiro atoms. The second-order valence-corrected chi connectivity index (χ2v) is 12.1.